The van der Waals surface area contributed by atoms with Crippen LogP contribution in [0, 0.1) is 0 Å². The summed E-state index contributed by atoms with van der Waals surface area (Å²) in [5.74, 6) is 1.76. The van der Waals surface area contributed by atoms with E-state index in [1.807, 2.05) is 26.0 Å². The van der Waals surface area contributed by atoms with Gasteiger partial charge in [-0.25, -0.2) is 0 Å². The van der Waals surface area contributed by atoms with E-state index in [4.69, 9.17) is 4.74 Å². The first kappa shape index (κ1) is 16.3. The molecule has 112 valence electrons. The molecule has 1 aromatic carbocycles. The number of nitrogens with zero attached hydrogens (tertiary/aromatic N) is 1. The molecular formula is C16H27N3O. The second kappa shape index (κ2) is 9.23. The Morgan fingerprint density at radius 3 is 2.45 bits per heavy atom. The number of nitrogens with one attached hydrogen (secondary N) is 2. The summed E-state index contributed by atoms with van der Waals surface area (Å²) < 4.78 is 5.62. The second-order valence-corrected chi connectivity index (χ2v) is 5.02. The SMILES string of the molecule is CCCCNC(=NC)NCc1ccc(OC(C)C)cc1. The Kier molecular flexibility index (Phi) is 7.55. The highest BCUT2D eigenvalue weighted by molar-refractivity contribution is 5.79. The monoisotopic (exact) mass is 277 g/mol. The Balaban J connectivity index is 2.40. The van der Waals surface area contributed by atoms with Gasteiger partial charge in [-0.15, -0.1) is 0 Å². The molecule has 1 aromatic rings. The van der Waals surface area contributed by atoms with E-state index < -0.39 is 0 Å². The zero-order valence-corrected chi connectivity index (χ0v) is 13.1. The molecule has 0 fully saturated rings. The number of unbranched alkanes of at least 4 members (excludes halogenated alkanes) is 1. The van der Waals surface area contributed by atoms with Crippen molar-refractivity contribution in [3.05, 3.63) is 29.8 Å². The van der Waals surface area contributed by atoms with Gasteiger partial charge in [0, 0.05) is 20.1 Å². The summed E-state index contributed by atoms with van der Waals surface area (Å²) in [6.45, 7) is 7.95. The standard InChI is InChI=1S/C16H27N3O/c1-5-6-11-18-16(17-4)19-12-14-7-9-15(10-8-14)20-13(2)3/h7-10,13H,5-6,11-12H2,1-4H3,(H2,17,18,19). The molecule has 0 aliphatic carbocycles. The Bertz CT molecular complexity index is 399. The molecule has 4 nitrogen and oxygen atoms in total. The van der Waals surface area contributed by atoms with Crippen molar-refractivity contribution in [2.75, 3.05) is 13.6 Å². The van der Waals surface area contributed by atoms with Crippen molar-refractivity contribution in [2.24, 2.45) is 4.99 Å². The molecule has 0 unspecified atom stereocenters. The fourth-order valence-electron chi connectivity index (χ4n) is 1.75. The number of aliphatic imine (C=N–C) groups is 1. The number of ether oxygens (including phenoxy) is 1. The van der Waals surface area contributed by atoms with Gasteiger partial charge < -0.3 is 15.4 Å². The minimum Gasteiger partial charge on any atom is -0.491 e. The van der Waals surface area contributed by atoms with Crippen molar-refractivity contribution in [1.82, 2.24) is 10.6 Å². The Hall–Kier alpha value is -1.71. The minimum absolute atomic E-state index is 0.209. The summed E-state index contributed by atoms with van der Waals surface area (Å²) in [5, 5.41) is 6.60. The topological polar surface area (TPSA) is 45.7 Å². The lowest BCUT2D eigenvalue weighted by Crippen LogP contribution is -2.37. The zero-order valence-electron chi connectivity index (χ0n) is 13.1. The lowest BCUT2D eigenvalue weighted by atomic mass is 10.2. The van der Waals surface area contributed by atoms with Gasteiger partial charge in [-0.1, -0.05) is 25.5 Å². The van der Waals surface area contributed by atoms with E-state index in [-0.39, 0.29) is 6.10 Å². The summed E-state index contributed by atoms with van der Waals surface area (Å²) in [4.78, 5) is 4.20. The summed E-state index contributed by atoms with van der Waals surface area (Å²) >= 11 is 0. The largest absolute Gasteiger partial charge is 0.491 e. The molecule has 0 aliphatic heterocycles. The van der Waals surface area contributed by atoms with Gasteiger partial charge in [0.2, 0.25) is 0 Å². The molecule has 0 spiro atoms. The van der Waals surface area contributed by atoms with Crippen molar-refractivity contribution in [2.45, 2.75) is 46.3 Å². The Morgan fingerprint density at radius 1 is 1.20 bits per heavy atom. The molecular weight excluding hydrogens is 250 g/mol. The summed E-state index contributed by atoms with van der Waals surface area (Å²) in [7, 11) is 1.79. The molecule has 4 heteroatoms. The van der Waals surface area contributed by atoms with Crippen molar-refractivity contribution in [3.8, 4) is 5.75 Å². The first-order valence-corrected chi connectivity index (χ1v) is 7.35. The molecule has 0 radical (unpaired) electrons. The molecule has 1 rings (SSSR count). The average molecular weight is 277 g/mol. The average Bonchev–Trinajstić information content (AvgIpc) is 2.43. The third-order valence-corrected chi connectivity index (χ3v) is 2.80. The van der Waals surface area contributed by atoms with Crippen LogP contribution >= 0.6 is 0 Å². The highest BCUT2D eigenvalue weighted by Crippen LogP contribution is 2.13. The number of benzene rings is 1. The third kappa shape index (κ3) is 6.45. The second-order valence-electron chi connectivity index (χ2n) is 5.02. The van der Waals surface area contributed by atoms with Crippen LogP contribution in [0.3, 0.4) is 0 Å². The molecule has 0 saturated carbocycles. The molecule has 0 atom stereocenters. The van der Waals surface area contributed by atoms with Crippen molar-refractivity contribution >= 4 is 5.96 Å². The molecule has 0 saturated heterocycles. The van der Waals surface area contributed by atoms with Crippen LogP contribution in [0.5, 0.6) is 5.75 Å². The van der Waals surface area contributed by atoms with E-state index in [9.17, 15) is 0 Å². The Labute approximate surface area is 122 Å². The summed E-state index contributed by atoms with van der Waals surface area (Å²) in [6, 6.07) is 8.16. The van der Waals surface area contributed by atoms with Crippen LogP contribution < -0.4 is 15.4 Å². The predicted molar refractivity (Wildman–Crippen MR) is 85.3 cm³/mol. The number of hydrogen-bond donors (Lipinski definition) is 2. The van der Waals surface area contributed by atoms with Crippen LogP contribution in [0.15, 0.2) is 29.3 Å². The van der Waals surface area contributed by atoms with Crippen molar-refractivity contribution in [1.29, 1.82) is 0 Å². The van der Waals surface area contributed by atoms with E-state index in [1.54, 1.807) is 7.05 Å². The third-order valence-electron chi connectivity index (χ3n) is 2.80. The molecule has 0 amide bonds. The maximum atomic E-state index is 5.62. The molecule has 0 aliphatic rings. The van der Waals surface area contributed by atoms with E-state index >= 15 is 0 Å². The van der Waals surface area contributed by atoms with Gasteiger partial charge in [0.25, 0.3) is 0 Å². The molecule has 0 aromatic heterocycles. The van der Waals surface area contributed by atoms with Gasteiger partial charge in [-0.3, -0.25) is 4.99 Å². The molecule has 0 heterocycles. The van der Waals surface area contributed by atoms with E-state index in [0.29, 0.717) is 0 Å². The highest BCUT2D eigenvalue weighted by Gasteiger charge is 2.00. The lowest BCUT2D eigenvalue weighted by molar-refractivity contribution is 0.242. The van der Waals surface area contributed by atoms with Gasteiger partial charge in [0.1, 0.15) is 5.75 Å². The van der Waals surface area contributed by atoms with Crippen molar-refractivity contribution < 1.29 is 4.74 Å². The molecule has 0 bridgehead atoms. The normalized spacial score (nSPS) is 11.6. The van der Waals surface area contributed by atoms with Crippen LogP contribution in [0.4, 0.5) is 0 Å². The van der Waals surface area contributed by atoms with Crippen molar-refractivity contribution in [3.63, 3.8) is 0 Å². The number of rotatable bonds is 7. The van der Waals surface area contributed by atoms with E-state index in [0.717, 1.165) is 31.2 Å². The van der Waals surface area contributed by atoms with Gasteiger partial charge in [0.05, 0.1) is 6.10 Å². The van der Waals surface area contributed by atoms with Crippen LogP contribution in [0.2, 0.25) is 0 Å². The van der Waals surface area contributed by atoms with E-state index in [2.05, 4.69) is 34.7 Å². The van der Waals surface area contributed by atoms with Gasteiger partial charge in [0.15, 0.2) is 5.96 Å². The van der Waals surface area contributed by atoms with Crippen LogP contribution in [-0.4, -0.2) is 25.7 Å². The summed E-state index contributed by atoms with van der Waals surface area (Å²) in [6.07, 6.45) is 2.55. The zero-order chi connectivity index (χ0) is 14.8. The molecule has 20 heavy (non-hydrogen) atoms. The maximum Gasteiger partial charge on any atom is 0.191 e. The number of guanidine groups is 1. The first-order chi connectivity index (χ1) is 9.65. The quantitative estimate of drug-likeness (QED) is 0.457. The fourth-order valence-corrected chi connectivity index (χ4v) is 1.75. The lowest BCUT2D eigenvalue weighted by Gasteiger charge is -2.13. The van der Waals surface area contributed by atoms with Gasteiger partial charge >= 0.3 is 0 Å². The first-order valence-electron chi connectivity index (χ1n) is 7.35. The predicted octanol–water partition coefficient (Wildman–Crippen LogP) is 2.94. The summed E-state index contributed by atoms with van der Waals surface area (Å²) in [5.41, 5.74) is 1.21. The van der Waals surface area contributed by atoms with Gasteiger partial charge in [-0.05, 0) is 38.0 Å². The van der Waals surface area contributed by atoms with Crippen LogP contribution in [0.1, 0.15) is 39.2 Å². The van der Waals surface area contributed by atoms with E-state index in [1.165, 1.54) is 12.0 Å². The van der Waals surface area contributed by atoms with Crippen LogP contribution in [0.25, 0.3) is 0 Å². The maximum absolute atomic E-state index is 5.62. The smallest absolute Gasteiger partial charge is 0.191 e. The Morgan fingerprint density at radius 2 is 1.90 bits per heavy atom. The highest BCUT2D eigenvalue weighted by atomic mass is 16.5. The minimum atomic E-state index is 0.209. The van der Waals surface area contributed by atoms with Crippen LogP contribution in [-0.2, 0) is 6.54 Å². The van der Waals surface area contributed by atoms with Gasteiger partial charge in [-0.2, -0.15) is 0 Å². The fraction of sp³-hybridized carbons (Fsp3) is 0.562. The molecule has 2 N–H and O–H groups in total. The number of hydrogen-bond acceptors (Lipinski definition) is 2.